The number of hydrogen-bond acceptors (Lipinski definition) is 4. The van der Waals surface area contributed by atoms with Crippen molar-refractivity contribution in [1.29, 1.82) is 0 Å². The fourth-order valence-electron chi connectivity index (χ4n) is 3.23. The van der Waals surface area contributed by atoms with Gasteiger partial charge in [0.25, 0.3) is 0 Å². The number of carbonyl (C=O) groups excluding carboxylic acids is 1. The molecule has 5 nitrogen and oxygen atoms in total. The summed E-state index contributed by atoms with van der Waals surface area (Å²) in [7, 11) is 1.47. The second-order valence-corrected chi connectivity index (χ2v) is 7.94. The Bertz CT molecular complexity index is 738. The van der Waals surface area contributed by atoms with Crippen molar-refractivity contribution in [3.05, 3.63) is 34.9 Å². The highest BCUT2D eigenvalue weighted by Gasteiger charge is 2.42. The normalized spacial score (nSPS) is 26.3. The molecule has 1 heterocycles. The minimum absolute atomic E-state index is 0.00951. The van der Waals surface area contributed by atoms with Gasteiger partial charge in [-0.2, -0.15) is 26.3 Å². The summed E-state index contributed by atoms with van der Waals surface area (Å²) in [5.41, 5.74) is 1.34. The van der Waals surface area contributed by atoms with Crippen LogP contribution >= 0.6 is 0 Å². The van der Waals surface area contributed by atoms with Gasteiger partial charge in [0.2, 0.25) is 5.91 Å². The first kappa shape index (κ1) is 24.4. The van der Waals surface area contributed by atoms with Gasteiger partial charge in [0, 0.05) is 19.1 Å². The second-order valence-electron chi connectivity index (χ2n) is 7.94. The molecule has 0 radical (unpaired) electrons. The number of alkyl halides is 6. The van der Waals surface area contributed by atoms with Gasteiger partial charge < -0.3 is 21.1 Å². The van der Waals surface area contributed by atoms with E-state index in [9.17, 15) is 31.1 Å². The van der Waals surface area contributed by atoms with E-state index in [0.29, 0.717) is 25.0 Å². The Kier molecular flexibility index (Phi) is 6.80. The van der Waals surface area contributed by atoms with Crippen LogP contribution in [0, 0.1) is 0 Å². The SMILES string of the molecule is CNC(=O)C1(N)CCC(C)(COC(C)c2cc(C(F)(F)F)cc(C(F)(F)F)c2)NC1. The van der Waals surface area contributed by atoms with Crippen LogP contribution < -0.4 is 16.4 Å². The number of nitrogens with one attached hydrogen (secondary N) is 2. The third-order valence-electron chi connectivity index (χ3n) is 5.36. The number of likely N-dealkylation sites (N-methyl/N-ethyl adjacent to an activating group) is 1. The van der Waals surface area contributed by atoms with Crippen molar-refractivity contribution in [2.75, 3.05) is 20.2 Å². The van der Waals surface area contributed by atoms with E-state index in [2.05, 4.69) is 10.6 Å². The topological polar surface area (TPSA) is 76.4 Å². The lowest BCUT2D eigenvalue weighted by Gasteiger charge is -2.43. The smallest absolute Gasteiger partial charge is 0.372 e. The number of hydrogen-bond donors (Lipinski definition) is 3. The zero-order chi connectivity index (χ0) is 23.0. The number of benzene rings is 1. The number of piperidine rings is 1. The Morgan fingerprint density at radius 3 is 2.10 bits per heavy atom. The first-order valence-corrected chi connectivity index (χ1v) is 9.27. The first-order chi connectivity index (χ1) is 13.6. The average Bonchev–Trinajstić information content (AvgIpc) is 2.66. The van der Waals surface area contributed by atoms with E-state index in [1.54, 1.807) is 6.92 Å². The fourth-order valence-corrected chi connectivity index (χ4v) is 3.23. The highest BCUT2D eigenvalue weighted by Crippen LogP contribution is 2.38. The molecule has 30 heavy (non-hydrogen) atoms. The molecule has 4 N–H and O–H groups in total. The number of rotatable bonds is 5. The maximum Gasteiger partial charge on any atom is 0.416 e. The fraction of sp³-hybridized carbons (Fsp3) is 0.632. The number of halogens is 6. The van der Waals surface area contributed by atoms with Crippen LogP contribution in [-0.2, 0) is 21.9 Å². The van der Waals surface area contributed by atoms with Crippen molar-refractivity contribution in [3.8, 4) is 0 Å². The monoisotopic (exact) mass is 441 g/mol. The van der Waals surface area contributed by atoms with Gasteiger partial charge in [-0.15, -0.1) is 0 Å². The van der Waals surface area contributed by atoms with Crippen LogP contribution in [-0.4, -0.2) is 37.2 Å². The van der Waals surface area contributed by atoms with Gasteiger partial charge in [-0.3, -0.25) is 4.79 Å². The molecule has 11 heteroatoms. The van der Waals surface area contributed by atoms with Crippen LogP contribution in [0.4, 0.5) is 26.3 Å². The molecule has 1 aromatic rings. The molecule has 3 atom stereocenters. The predicted octanol–water partition coefficient (Wildman–Crippen LogP) is 3.39. The molecule has 1 aromatic carbocycles. The molecule has 0 aromatic heterocycles. The Morgan fingerprint density at radius 1 is 1.17 bits per heavy atom. The van der Waals surface area contributed by atoms with Gasteiger partial charge in [0.05, 0.1) is 23.8 Å². The summed E-state index contributed by atoms with van der Waals surface area (Å²) in [4.78, 5) is 11.9. The van der Waals surface area contributed by atoms with Crippen molar-refractivity contribution >= 4 is 5.91 Å². The average molecular weight is 441 g/mol. The maximum atomic E-state index is 13.0. The predicted molar refractivity (Wildman–Crippen MR) is 97.4 cm³/mol. The number of nitrogens with two attached hydrogens (primary N) is 1. The molecule has 0 saturated carbocycles. The van der Waals surface area contributed by atoms with Gasteiger partial charge in [-0.1, -0.05) is 0 Å². The molecule has 1 saturated heterocycles. The highest BCUT2D eigenvalue weighted by molar-refractivity contribution is 5.86. The van der Waals surface area contributed by atoms with Gasteiger partial charge in [0.1, 0.15) is 5.54 Å². The Balaban J connectivity index is 2.13. The second kappa shape index (κ2) is 8.35. The van der Waals surface area contributed by atoms with Gasteiger partial charge in [-0.05, 0) is 50.5 Å². The Morgan fingerprint density at radius 2 is 1.70 bits per heavy atom. The van der Waals surface area contributed by atoms with Crippen LogP contribution in [0.1, 0.15) is 49.5 Å². The van der Waals surface area contributed by atoms with Crippen LogP contribution in [0.25, 0.3) is 0 Å². The van der Waals surface area contributed by atoms with Crippen molar-refractivity contribution in [2.45, 2.75) is 56.2 Å². The number of ether oxygens (including phenoxy) is 1. The van der Waals surface area contributed by atoms with E-state index in [0.717, 1.165) is 0 Å². The minimum Gasteiger partial charge on any atom is -0.372 e. The van der Waals surface area contributed by atoms with E-state index in [-0.39, 0.29) is 30.7 Å². The summed E-state index contributed by atoms with van der Waals surface area (Å²) in [6.45, 7) is 3.34. The number of amides is 1. The zero-order valence-corrected chi connectivity index (χ0v) is 16.8. The van der Waals surface area contributed by atoms with Gasteiger partial charge in [0.15, 0.2) is 0 Å². The Hall–Kier alpha value is -1.85. The van der Waals surface area contributed by atoms with Crippen molar-refractivity contribution in [1.82, 2.24) is 10.6 Å². The van der Waals surface area contributed by atoms with Crippen molar-refractivity contribution in [3.63, 3.8) is 0 Å². The molecular formula is C19H25F6N3O2. The molecule has 1 fully saturated rings. The lowest BCUT2D eigenvalue weighted by atomic mass is 9.81. The number of carbonyl (C=O) groups is 1. The summed E-state index contributed by atoms with van der Waals surface area (Å²) < 4.78 is 83.9. The third kappa shape index (κ3) is 5.64. The molecule has 0 aliphatic carbocycles. The van der Waals surface area contributed by atoms with Gasteiger partial charge in [-0.25, -0.2) is 0 Å². The molecule has 1 amide bonds. The summed E-state index contributed by atoms with van der Waals surface area (Å²) in [6.07, 6.45) is -10.1. The van der Waals surface area contributed by atoms with Crippen LogP contribution in [0.15, 0.2) is 18.2 Å². The van der Waals surface area contributed by atoms with E-state index in [1.807, 2.05) is 0 Å². The molecule has 0 spiro atoms. The molecular weight excluding hydrogens is 416 g/mol. The molecule has 1 aliphatic heterocycles. The standard InChI is InChI=1S/C19H25F6N3O2/c1-11(12-6-13(18(20,21)22)8-14(7-12)19(23,24)25)30-10-16(2)4-5-17(26,9-28-16)15(29)27-3/h6-8,11,28H,4-5,9-10,26H2,1-3H3,(H,27,29). The van der Waals surface area contributed by atoms with Crippen molar-refractivity contribution < 1.29 is 35.9 Å². The Labute approximate surface area is 170 Å². The van der Waals surface area contributed by atoms with Crippen molar-refractivity contribution in [2.24, 2.45) is 5.73 Å². The van der Waals surface area contributed by atoms with E-state index < -0.39 is 40.7 Å². The van der Waals surface area contributed by atoms with E-state index >= 15 is 0 Å². The lowest BCUT2D eigenvalue weighted by Crippen LogP contribution is -2.67. The first-order valence-electron chi connectivity index (χ1n) is 9.27. The zero-order valence-electron chi connectivity index (χ0n) is 16.8. The van der Waals surface area contributed by atoms with E-state index in [4.69, 9.17) is 10.5 Å². The molecule has 0 bridgehead atoms. The summed E-state index contributed by atoms with van der Waals surface area (Å²) in [6, 6.07) is 1.40. The lowest BCUT2D eigenvalue weighted by molar-refractivity contribution is -0.143. The molecule has 3 unspecified atom stereocenters. The van der Waals surface area contributed by atoms with Crippen LogP contribution in [0.2, 0.25) is 0 Å². The third-order valence-corrected chi connectivity index (χ3v) is 5.36. The molecule has 2 rings (SSSR count). The van der Waals surface area contributed by atoms with E-state index in [1.165, 1.54) is 14.0 Å². The summed E-state index contributed by atoms with van der Waals surface area (Å²) in [5, 5.41) is 5.60. The molecule has 1 aliphatic rings. The van der Waals surface area contributed by atoms with Gasteiger partial charge >= 0.3 is 12.4 Å². The summed E-state index contributed by atoms with van der Waals surface area (Å²) in [5.74, 6) is -0.324. The maximum absolute atomic E-state index is 13.0. The quantitative estimate of drug-likeness (QED) is 0.613. The largest absolute Gasteiger partial charge is 0.416 e. The van der Waals surface area contributed by atoms with Crippen LogP contribution in [0.5, 0.6) is 0 Å². The van der Waals surface area contributed by atoms with Crippen LogP contribution in [0.3, 0.4) is 0 Å². The highest BCUT2D eigenvalue weighted by atomic mass is 19.4. The molecule has 170 valence electrons. The minimum atomic E-state index is -4.92. The summed E-state index contributed by atoms with van der Waals surface area (Å²) >= 11 is 0.